The first-order chi connectivity index (χ1) is 7.95. The van der Waals surface area contributed by atoms with Gasteiger partial charge < -0.3 is 10.4 Å². The van der Waals surface area contributed by atoms with Crippen molar-refractivity contribution in [3.63, 3.8) is 0 Å². The Morgan fingerprint density at radius 3 is 2.41 bits per heavy atom. The van der Waals surface area contributed by atoms with E-state index in [0.29, 0.717) is 0 Å². The van der Waals surface area contributed by atoms with Crippen LogP contribution in [0.2, 0.25) is 0 Å². The molecule has 0 radical (unpaired) electrons. The highest BCUT2D eigenvalue weighted by molar-refractivity contribution is 6.07. The number of hydrogen-bond acceptors (Lipinski definition) is 3. The number of rotatable bonds is 4. The highest BCUT2D eigenvalue weighted by Crippen LogP contribution is 2.13. The third-order valence-corrected chi connectivity index (χ3v) is 1.98. The number of carbonyl (C=O) groups is 2. The second-order valence-electron chi connectivity index (χ2n) is 3.18. The van der Waals surface area contributed by atoms with Crippen LogP contribution < -0.4 is 10.6 Å². The van der Waals surface area contributed by atoms with Crippen LogP contribution in [0.25, 0.3) is 0 Å². The minimum absolute atomic E-state index is 0.0181. The predicted molar refractivity (Wildman–Crippen MR) is 55.5 cm³/mol. The Morgan fingerprint density at radius 2 is 1.94 bits per heavy atom. The highest BCUT2D eigenvalue weighted by Gasteiger charge is 2.24. The van der Waals surface area contributed by atoms with Crippen molar-refractivity contribution in [3.8, 4) is 0 Å². The topological polar surface area (TPSA) is 78.4 Å². The van der Waals surface area contributed by atoms with E-state index in [0.717, 1.165) is 18.2 Å². The van der Waals surface area contributed by atoms with Gasteiger partial charge in [0.15, 0.2) is 17.7 Å². The van der Waals surface area contributed by atoms with Crippen LogP contribution in [0.1, 0.15) is 0 Å². The van der Waals surface area contributed by atoms with Crippen molar-refractivity contribution in [1.29, 1.82) is 0 Å². The lowest BCUT2D eigenvalue weighted by atomic mass is 10.2. The van der Waals surface area contributed by atoms with Crippen LogP contribution in [0.5, 0.6) is 0 Å². The van der Waals surface area contributed by atoms with Crippen LogP contribution in [0.4, 0.5) is 14.5 Å². The molecule has 0 saturated heterocycles. The van der Waals surface area contributed by atoms with E-state index in [1.165, 1.54) is 7.05 Å². The van der Waals surface area contributed by atoms with Crippen molar-refractivity contribution >= 4 is 17.6 Å². The first-order valence-electron chi connectivity index (χ1n) is 4.61. The molecule has 92 valence electrons. The summed E-state index contributed by atoms with van der Waals surface area (Å²) in [5.41, 5.74) is -0.0181. The largest absolute Gasteiger partial charge is 0.480 e. The van der Waals surface area contributed by atoms with E-state index in [-0.39, 0.29) is 5.69 Å². The molecule has 7 heteroatoms. The molecule has 0 fully saturated rings. The van der Waals surface area contributed by atoms with Crippen LogP contribution in [-0.4, -0.2) is 30.1 Å². The minimum atomic E-state index is -1.46. The molecule has 1 amide bonds. The Labute approximate surface area is 95.4 Å². The summed E-state index contributed by atoms with van der Waals surface area (Å²) < 4.78 is 25.4. The van der Waals surface area contributed by atoms with E-state index in [9.17, 15) is 18.4 Å². The zero-order valence-electron chi connectivity index (χ0n) is 8.83. The Bertz CT molecular complexity index is 451. The zero-order chi connectivity index (χ0) is 13.0. The van der Waals surface area contributed by atoms with Crippen LogP contribution in [0, 0.1) is 11.6 Å². The molecule has 0 aliphatic heterocycles. The maximum Gasteiger partial charge on any atom is 0.330 e. The molecule has 17 heavy (non-hydrogen) atoms. The summed E-state index contributed by atoms with van der Waals surface area (Å²) in [6.45, 7) is 0. The summed E-state index contributed by atoms with van der Waals surface area (Å²) in [4.78, 5) is 22.0. The Hall–Kier alpha value is -2.02. The molecule has 1 rings (SSSR count). The zero-order valence-corrected chi connectivity index (χ0v) is 8.83. The summed E-state index contributed by atoms with van der Waals surface area (Å²) in [6, 6.07) is 1.27. The summed E-state index contributed by atoms with van der Waals surface area (Å²) >= 11 is 0. The van der Waals surface area contributed by atoms with E-state index >= 15 is 0 Å². The predicted octanol–water partition coefficient (Wildman–Crippen LogP) is 0.576. The normalized spacial score (nSPS) is 11.9. The number of amides is 1. The molecule has 5 nitrogen and oxygen atoms in total. The van der Waals surface area contributed by atoms with Crippen LogP contribution in [-0.2, 0) is 9.59 Å². The van der Waals surface area contributed by atoms with E-state index in [1.807, 2.05) is 0 Å². The van der Waals surface area contributed by atoms with Gasteiger partial charge >= 0.3 is 5.97 Å². The fraction of sp³-hybridized carbons (Fsp3) is 0.200. The molecule has 0 bridgehead atoms. The maximum atomic E-state index is 12.8. The van der Waals surface area contributed by atoms with Crippen molar-refractivity contribution in [2.45, 2.75) is 6.04 Å². The number of likely N-dealkylation sites (N-methyl/N-ethyl adjacent to an activating group) is 1. The molecule has 0 heterocycles. The van der Waals surface area contributed by atoms with Crippen LogP contribution in [0.3, 0.4) is 0 Å². The van der Waals surface area contributed by atoms with Crippen molar-refractivity contribution < 1.29 is 23.5 Å². The van der Waals surface area contributed by atoms with Gasteiger partial charge in [-0.2, -0.15) is 0 Å². The van der Waals surface area contributed by atoms with E-state index in [2.05, 4.69) is 10.6 Å². The van der Waals surface area contributed by atoms with Gasteiger partial charge in [-0.25, -0.2) is 13.6 Å². The van der Waals surface area contributed by atoms with Gasteiger partial charge in [-0.15, -0.1) is 0 Å². The Balaban J connectivity index is 2.80. The van der Waals surface area contributed by atoms with Gasteiger partial charge in [0.25, 0.3) is 5.91 Å². The van der Waals surface area contributed by atoms with Gasteiger partial charge in [-0.1, -0.05) is 0 Å². The smallest absolute Gasteiger partial charge is 0.330 e. The Kier molecular flexibility index (Phi) is 4.11. The van der Waals surface area contributed by atoms with E-state index in [1.54, 1.807) is 0 Å². The van der Waals surface area contributed by atoms with E-state index < -0.39 is 29.6 Å². The molecule has 1 aromatic rings. The number of nitrogens with one attached hydrogen (secondary N) is 2. The third kappa shape index (κ3) is 3.22. The average molecular weight is 244 g/mol. The van der Waals surface area contributed by atoms with Gasteiger partial charge in [-0.05, 0) is 19.2 Å². The van der Waals surface area contributed by atoms with Crippen molar-refractivity contribution in [1.82, 2.24) is 5.32 Å². The van der Waals surface area contributed by atoms with E-state index in [4.69, 9.17) is 5.11 Å². The number of halogens is 2. The molecule has 0 spiro atoms. The number of carbonyl (C=O) groups excluding carboxylic acids is 1. The van der Waals surface area contributed by atoms with Gasteiger partial charge in [0, 0.05) is 11.8 Å². The lowest BCUT2D eigenvalue weighted by Crippen LogP contribution is -2.44. The van der Waals surface area contributed by atoms with Crippen molar-refractivity contribution in [3.05, 3.63) is 29.8 Å². The summed E-state index contributed by atoms with van der Waals surface area (Å²) in [5, 5.41) is 13.1. The number of hydrogen-bond donors (Lipinski definition) is 3. The minimum Gasteiger partial charge on any atom is -0.480 e. The molecular weight excluding hydrogens is 234 g/mol. The highest BCUT2D eigenvalue weighted by atomic mass is 19.2. The maximum absolute atomic E-state index is 12.8. The molecule has 0 saturated carbocycles. The molecule has 0 aliphatic carbocycles. The number of aliphatic carboxylic acids is 1. The second kappa shape index (κ2) is 5.35. The summed E-state index contributed by atoms with van der Waals surface area (Å²) in [6.07, 6.45) is 0. The first kappa shape index (κ1) is 13.0. The summed E-state index contributed by atoms with van der Waals surface area (Å²) in [5.74, 6) is -4.41. The van der Waals surface area contributed by atoms with Crippen molar-refractivity contribution in [2.75, 3.05) is 12.4 Å². The number of anilines is 1. The Morgan fingerprint density at radius 1 is 1.29 bits per heavy atom. The molecule has 3 N–H and O–H groups in total. The lowest BCUT2D eigenvalue weighted by molar-refractivity contribution is -0.142. The van der Waals surface area contributed by atoms with Crippen LogP contribution >= 0.6 is 0 Å². The number of benzene rings is 1. The molecular formula is C10H10F2N2O3. The first-order valence-corrected chi connectivity index (χ1v) is 4.61. The quantitative estimate of drug-likeness (QED) is 0.677. The standard InChI is InChI=1S/C10H10F2N2O3/c1-13-8(10(16)17)9(15)14-5-2-3-6(11)7(12)4-5/h2-4,8,13H,1H3,(H,14,15)(H,16,17). The van der Waals surface area contributed by atoms with Crippen LogP contribution in [0.15, 0.2) is 18.2 Å². The van der Waals surface area contributed by atoms with Gasteiger partial charge in [0.05, 0.1) is 0 Å². The average Bonchev–Trinajstić information content (AvgIpc) is 2.24. The molecule has 1 unspecified atom stereocenters. The summed E-state index contributed by atoms with van der Waals surface area (Å²) in [7, 11) is 1.30. The fourth-order valence-electron chi connectivity index (χ4n) is 1.16. The lowest BCUT2D eigenvalue weighted by Gasteiger charge is -2.11. The fourth-order valence-corrected chi connectivity index (χ4v) is 1.16. The molecule has 1 atom stereocenters. The third-order valence-electron chi connectivity index (χ3n) is 1.98. The molecule has 0 aromatic heterocycles. The van der Waals surface area contributed by atoms with Gasteiger partial charge in [0.2, 0.25) is 0 Å². The molecule has 1 aromatic carbocycles. The van der Waals surface area contributed by atoms with Gasteiger partial charge in [0.1, 0.15) is 0 Å². The SMILES string of the molecule is CNC(C(=O)O)C(=O)Nc1ccc(F)c(F)c1. The van der Waals surface area contributed by atoms with Gasteiger partial charge in [-0.3, -0.25) is 10.1 Å². The number of carboxylic acids is 1. The van der Waals surface area contributed by atoms with Crippen molar-refractivity contribution in [2.24, 2.45) is 0 Å². The molecule has 0 aliphatic rings. The second-order valence-corrected chi connectivity index (χ2v) is 3.18. The monoisotopic (exact) mass is 244 g/mol. The number of carboxylic acid groups (broad SMARTS) is 1.